The highest BCUT2D eigenvalue weighted by Crippen LogP contribution is 2.29. The molecule has 1 amide bonds. The Morgan fingerprint density at radius 3 is 2.90 bits per heavy atom. The van der Waals surface area contributed by atoms with Gasteiger partial charge in [-0.2, -0.15) is 13.2 Å². The van der Waals surface area contributed by atoms with Crippen LogP contribution in [0.3, 0.4) is 0 Å². The van der Waals surface area contributed by atoms with Crippen LogP contribution in [0.5, 0.6) is 0 Å². The number of halogens is 3. The number of hydrogen-bond donors (Lipinski definition) is 1. The van der Waals surface area contributed by atoms with Gasteiger partial charge in [-0.25, -0.2) is 0 Å². The van der Waals surface area contributed by atoms with Gasteiger partial charge < -0.3 is 10.2 Å². The van der Waals surface area contributed by atoms with Crippen molar-refractivity contribution >= 4 is 5.91 Å². The molecule has 1 N–H and O–H groups in total. The van der Waals surface area contributed by atoms with Crippen molar-refractivity contribution in [3.8, 4) is 0 Å². The summed E-state index contributed by atoms with van der Waals surface area (Å²) in [7, 11) is 0. The Morgan fingerprint density at radius 1 is 1.48 bits per heavy atom. The molecular formula is C15H17F3N2O. The van der Waals surface area contributed by atoms with Gasteiger partial charge in [-0.3, -0.25) is 4.79 Å². The molecule has 1 aliphatic rings. The van der Waals surface area contributed by atoms with E-state index in [1.807, 2.05) is 0 Å². The van der Waals surface area contributed by atoms with Crippen LogP contribution in [0.25, 0.3) is 0 Å². The van der Waals surface area contributed by atoms with Gasteiger partial charge in [0.1, 0.15) is 0 Å². The SMILES string of the molecule is C=CC(=O)N1CC[C@H](NCc2cccc(C(F)(F)F)c2)C1. The second kappa shape index (κ2) is 6.30. The van der Waals surface area contributed by atoms with Crippen molar-refractivity contribution in [3.63, 3.8) is 0 Å². The molecule has 114 valence electrons. The van der Waals surface area contributed by atoms with Crippen LogP contribution in [0.4, 0.5) is 13.2 Å². The van der Waals surface area contributed by atoms with Crippen LogP contribution in [0.1, 0.15) is 17.5 Å². The second-order valence-corrected chi connectivity index (χ2v) is 5.05. The molecule has 0 aliphatic carbocycles. The topological polar surface area (TPSA) is 32.3 Å². The molecule has 1 heterocycles. The molecule has 1 aliphatic heterocycles. The first-order chi connectivity index (χ1) is 9.90. The molecule has 0 radical (unpaired) electrons. The van der Waals surface area contributed by atoms with E-state index < -0.39 is 11.7 Å². The van der Waals surface area contributed by atoms with E-state index in [2.05, 4.69) is 11.9 Å². The van der Waals surface area contributed by atoms with E-state index in [0.717, 1.165) is 18.6 Å². The van der Waals surface area contributed by atoms with Gasteiger partial charge in [0.25, 0.3) is 0 Å². The molecule has 6 heteroatoms. The maximum atomic E-state index is 12.6. The van der Waals surface area contributed by atoms with E-state index >= 15 is 0 Å². The van der Waals surface area contributed by atoms with Crippen LogP contribution in [0, 0.1) is 0 Å². The number of amides is 1. The summed E-state index contributed by atoms with van der Waals surface area (Å²) in [5, 5.41) is 3.19. The van der Waals surface area contributed by atoms with Crippen molar-refractivity contribution in [2.24, 2.45) is 0 Å². The standard InChI is InChI=1S/C15H17F3N2O/c1-2-14(21)20-7-6-13(10-20)19-9-11-4-3-5-12(8-11)15(16,17)18/h2-5,8,13,19H,1,6-7,9-10H2/t13-/m0/s1. The van der Waals surface area contributed by atoms with Gasteiger partial charge in [0.05, 0.1) is 5.56 Å². The summed E-state index contributed by atoms with van der Waals surface area (Å²) in [6.45, 7) is 4.99. The third kappa shape index (κ3) is 4.07. The van der Waals surface area contributed by atoms with E-state index in [1.165, 1.54) is 12.1 Å². The van der Waals surface area contributed by atoms with Crippen molar-refractivity contribution in [3.05, 3.63) is 48.0 Å². The Bertz CT molecular complexity index is 528. The molecule has 1 aromatic rings. The van der Waals surface area contributed by atoms with Crippen molar-refractivity contribution in [1.82, 2.24) is 10.2 Å². The summed E-state index contributed by atoms with van der Waals surface area (Å²) in [4.78, 5) is 13.1. The molecule has 0 saturated carbocycles. The number of nitrogens with zero attached hydrogens (tertiary/aromatic N) is 1. The van der Waals surface area contributed by atoms with Gasteiger partial charge in [-0.1, -0.05) is 24.8 Å². The van der Waals surface area contributed by atoms with Crippen molar-refractivity contribution in [2.75, 3.05) is 13.1 Å². The lowest BCUT2D eigenvalue weighted by Crippen LogP contribution is -2.34. The van der Waals surface area contributed by atoms with Gasteiger partial charge in [0.2, 0.25) is 5.91 Å². The molecule has 1 fully saturated rings. The predicted octanol–water partition coefficient (Wildman–Crippen LogP) is 2.58. The highest BCUT2D eigenvalue weighted by molar-refractivity contribution is 5.87. The summed E-state index contributed by atoms with van der Waals surface area (Å²) in [6.07, 6.45) is -2.26. The molecule has 0 aromatic heterocycles. The van der Waals surface area contributed by atoms with E-state index in [-0.39, 0.29) is 11.9 Å². The third-order valence-corrected chi connectivity index (χ3v) is 3.52. The monoisotopic (exact) mass is 298 g/mol. The molecule has 2 rings (SSSR count). The Labute approximate surface area is 121 Å². The number of nitrogens with one attached hydrogen (secondary N) is 1. The van der Waals surface area contributed by atoms with Crippen molar-refractivity contribution in [1.29, 1.82) is 0 Å². The zero-order valence-electron chi connectivity index (χ0n) is 11.5. The number of benzene rings is 1. The largest absolute Gasteiger partial charge is 0.416 e. The molecule has 3 nitrogen and oxygen atoms in total. The summed E-state index contributed by atoms with van der Waals surface area (Å²) in [6, 6.07) is 5.37. The van der Waals surface area contributed by atoms with Gasteiger partial charge >= 0.3 is 6.18 Å². The predicted molar refractivity (Wildman–Crippen MR) is 73.5 cm³/mol. The lowest BCUT2D eigenvalue weighted by molar-refractivity contribution is -0.137. The molecule has 21 heavy (non-hydrogen) atoms. The zero-order valence-corrected chi connectivity index (χ0v) is 11.5. The van der Waals surface area contributed by atoms with Gasteiger partial charge in [-0.05, 0) is 24.1 Å². The van der Waals surface area contributed by atoms with Crippen molar-refractivity contribution in [2.45, 2.75) is 25.2 Å². The van der Waals surface area contributed by atoms with Crippen LogP contribution in [-0.2, 0) is 17.5 Å². The fraction of sp³-hybridized carbons (Fsp3) is 0.400. The van der Waals surface area contributed by atoms with Crippen LogP contribution in [0.15, 0.2) is 36.9 Å². The highest BCUT2D eigenvalue weighted by Gasteiger charge is 2.30. The van der Waals surface area contributed by atoms with Crippen LogP contribution < -0.4 is 5.32 Å². The summed E-state index contributed by atoms with van der Waals surface area (Å²) in [5.41, 5.74) is -0.0602. The van der Waals surface area contributed by atoms with E-state index in [0.29, 0.717) is 25.2 Å². The Morgan fingerprint density at radius 2 is 2.24 bits per heavy atom. The molecule has 1 atom stereocenters. The van der Waals surface area contributed by atoms with E-state index in [9.17, 15) is 18.0 Å². The number of likely N-dealkylation sites (tertiary alicyclic amines) is 1. The first-order valence-corrected chi connectivity index (χ1v) is 6.71. The lowest BCUT2D eigenvalue weighted by Gasteiger charge is -2.15. The van der Waals surface area contributed by atoms with Gasteiger partial charge in [0, 0.05) is 25.7 Å². The molecule has 0 spiro atoms. The normalized spacial score (nSPS) is 18.8. The minimum absolute atomic E-state index is 0.100. The summed E-state index contributed by atoms with van der Waals surface area (Å²) < 4.78 is 37.8. The minimum Gasteiger partial charge on any atom is -0.338 e. The number of carbonyl (C=O) groups excluding carboxylic acids is 1. The van der Waals surface area contributed by atoms with Crippen molar-refractivity contribution < 1.29 is 18.0 Å². The molecule has 1 aromatic carbocycles. The maximum absolute atomic E-state index is 12.6. The average Bonchev–Trinajstić information content (AvgIpc) is 2.92. The van der Waals surface area contributed by atoms with Crippen LogP contribution in [-0.4, -0.2) is 29.9 Å². The lowest BCUT2D eigenvalue weighted by atomic mass is 10.1. The van der Waals surface area contributed by atoms with Crippen LogP contribution >= 0.6 is 0 Å². The summed E-state index contributed by atoms with van der Waals surface area (Å²) >= 11 is 0. The highest BCUT2D eigenvalue weighted by atomic mass is 19.4. The smallest absolute Gasteiger partial charge is 0.338 e. The van der Waals surface area contributed by atoms with Gasteiger partial charge in [0.15, 0.2) is 0 Å². The van der Waals surface area contributed by atoms with Gasteiger partial charge in [-0.15, -0.1) is 0 Å². The third-order valence-electron chi connectivity index (χ3n) is 3.52. The molecular weight excluding hydrogens is 281 g/mol. The fourth-order valence-electron chi connectivity index (χ4n) is 2.38. The van der Waals surface area contributed by atoms with E-state index in [1.54, 1.807) is 11.0 Å². The van der Waals surface area contributed by atoms with E-state index in [4.69, 9.17) is 0 Å². The second-order valence-electron chi connectivity index (χ2n) is 5.05. The average molecular weight is 298 g/mol. The Hall–Kier alpha value is -1.82. The first kappa shape index (κ1) is 15.6. The first-order valence-electron chi connectivity index (χ1n) is 6.71. The Balaban J connectivity index is 1.90. The zero-order chi connectivity index (χ0) is 15.5. The number of alkyl halides is 3. The molecule has 0 unspecified atom stereocenters. The molecule has 0 bridgehead atoms. The maximum Gasteiger partial charge on any atom is 0.416 e. The number of hydrogen-bond acceptors (Lipinski definition) is 2. The quantitative estimate of drug-likeness (QED) is 0.867. The van der Waals surface area contributed by atoms with Crippen LogP contribution in [0.2, 0.25) is 0 Å². The number of rotatable bonds is 4. The Kier molecular flexibility index (Phi) is 4.67. The minimum atomic E-state index is -4.32. The summed E-state index contributed by atoms with van der Waals surface area (Å²) in [5.74, 6) is -0.113. The number of carbonyl (C=O) groups is 1. The fourth-order valence-corrected chi connectivity index (χ4v) is 2.38. The molecule has 1 saturated heterocycles.